The van der Waals surface area contributed by atoms with Crippen LogP contribution in [0.5, 0.6) is 5.75 Å². The molecule has 148 valence electrons. The van der Waals surface area contributed by atoms with Crippen molar-refractivity contribution in [2.45, 2.75) is 77.2 Å². The van der Waals surface area contributed by atoms with Gasteiger partial charge in [-0.05, 0) is 36.0 Å². The minimum absolute atomic E-state index is 0.0153. The molecule has 1 aromatic rings. The van der Waals surface area contributed by atoms with Crippen LogP contribution >= 0.6 is 0 Å². The molecule has 1 saturated carbocycles. The number of nitrogens with one attached hydrogen (secondary N) is 1. The van der Waals surface area contributed by atoms with Crippen molar-refractivity contribution in [1.29, 1.82) is 0 Å². The summed E-state index contributed by atoms with van der Waals surface area (Å²) in [6.07, 6.45) is 8.20. The maximum absolute atomic E-state index is 12.7. The first-order chi connectivity index (χ1) is 12.8. The van der Waals surface area contributed by atoms with E-state index in [0.717, 1.165) is 18.4 Å². The van der Waals surface area contributed by atoms with E-state index in [9.17, 15) is 9.59 Å². The fourth-order valence-electron chi connectivity index (χ4n) is 3.86. The van der Waals surface area contributed by atoms with Gasteiger partial charge in [0.1, 0.15) is 12.3 Å². The molecule has 0 saturated heterocycles. The summed E-state index contributed by atoms with van der Waals surface area (Å²) in [4.78, 5) is 26.7. The summed E-state index contributed by atoms with van der Waals surface area (Å²) >= 11 is 0. The molecule has 2 aliphatic rings. The van der Waals surface area contributed by atoms with Crippen LogP contribution in [0.3, 0.4) is 0 Å². The SMILES string of the molecule is CC(C)(C)c1ccc2c(c1)N(CC(=O)NC1CCCCCCC1)C(=O)CO2. The Morgan fingerprint density at radius 3 is 2.48 bits per heavy atom. The predicted molar refractivity (Wildman–Crippen MR) is 107 cm³/mol. The Bertz CT molecular complexity index is 685. The molecule has 0 unspecified atom stereocenters. The Hall–Kier alpha value is -2.04. The van der Waals surface area contributed by atoms with Crippen molar-refractivity contribution in [2.75, 3.05) is 18.1 Å². The normalized spacial score (nSPS) is 18.9. The average Bonchev–Trinajstić information content (AvgIpc) is 2.58. The van der Waals surface area contributed by atoms with Crippen LogP contribution in [-0.4, -0.2) is 31.0 Å². The Labute approximate surface area is 162 Å². The summed E-state index contributed by atoms with van der Waals surface area (Å²) in [5.74, 6) is 0.422. The molecule has 1 aliphatic carbocycles. The van der Waals surface area contributed by atoms with Crippen LogP contribution < -0.4 is 15.0 Å². The smallest absolute Gasteiger partial charge is 0.265 e. The predicted octanol–water partition coefficient (Wildman–Crippen LogP) is 3.94. The standard InChI is InChI=1S/C22H32N2O3/c1-22(2,3)16-11-12-19-18(13-16)24(21(26)15-27-19)14-20(25)23-17-9-7-5-4-6-8-10-17/h11-13,17H,4-10,14-15H2,1-3H3,(H,23,25). The van der Waals surface area contributed by atoms with Crippen molar-refractivity contribution in [1.82, 2.24) is 5.32 Å². The topological polar surface area (TPSA) is 58.6 Å². The van der Waals surface area contributed by atoms with E-state index in [2.05, 4.69) is 26.1 Å². The highest BCUT2D eigenvalue weighted by molar-refractivity contribution is 6.02. The van der Waals surface area contributed by atoms with Crippen molar-refractivity contribution in [3.8, 4) is 5.75 Å². The first-order valence-corrected chi connectivity index (χ1v) is 10.2. The van der Waals surface area contributed by atoms with E-state index in [-0.39, 0.29) is 36.4 Å². The molecule has 1 aliphatic heterocycles. The van der Waals surface area contributed by atoms with Crippen molar-refractivity contribution in [3.63, 3.8) is 0 Å². The van der Waals surface area contributed by atoms with Crippen LogP contribution in [0.25, 0.3) is 0 Å². The Kier molecular flexibility index (Phi) is 6.08. The van der Waals surface area contributed by atoms with Gasteiger partial charge in [0, 0.05) is 6.04 Å². The van der Waals surface area contributed by atoms with Crippen molar-refractivity contribution < 1.29 is 14.3 Å². The molecule has 1 aromatic carbocycles. The number of nitrogens with zero attached hydrogens (tertiary/aromatic N) is 1. The summed E-state index contributed by atoms with van der Waals surface area (Å²) in [6.45, 7) is 6.43. The fraction of sp³-hybridized carbons (Fsp3) is 0.636. The van der Waals surface area contributed by atoms with E-state index < -0.39 is 0 Å². The molecule has 0 spiro atoms. The minimum atomic E-state index is -0.165. The number of fused-ring (bicyclic) bond motifs is 1. The van der Waals surface area contributed by atoms with Crippen molar-refractivity contribution in [2.24, 2.45) is 0 Å². The molecule has 0 aromatic heterocycles. The Morgan fingerprint density at radius 1 is 1.15 bits per heavy atom. The lowest BCUT2D eigenvalue weighted by atomic mass is 9.86. The van der Waals surface area contributed by atoms with E-state index in [4.69, 9.17) is 4.74 Å². The molecule has 0 atom stereocenters. The number of anilines is 1. The van der Waals surface area contributed by atoms with Gasteiger partial charge >= 0.3 is 0 Å². The summed E-state index contributed by atoms with van der Waals surface area (Å²) in [7, 11) is 0. The van der Waals surface area contributed by atoms with E-state index in [1.165, 1.54) is 32.1 Å². The highest BCUT2D eigenvalue weighted by atomic mass is 16.5. The van der Waals surface area contributed by atoms with Crippen LogP contribution in [-0.2, 0) is 15.0 Å². The maximum atomic E-state index is 12.7. The first kappa shape index (κ1) is 19.7. The molecule has 27 heavy (non-hydrogen) atoms. The average molecular weight is 373 g/mol. The highest BCUT2D eigenvalue weighted by Gasteiger charge is 2.29. The van der Waals surface area contributed by atoms with Gasteiger partial charge in [0.25, 0.3) is 5.91 Å². The molecule has 1 fully saturated rings. The minimum Gasteiger partial charge on any atom is -0.482 e. The largest absolute Gasteiger partial charge is 0.482 e. The van der Waals surface area contributed by atoms with Gasteiger partial charge in [0.15, 0.2) is 6.61 Å². The summed E-state index contributed by atoms with van der Waals surface area (Å²) in [6, 6.07) is 6.15. The molecule has 5 heteroatoms. The van der Waals surface area contributed by atoms with E-state index in [0.29, 0.717) is 11.4 Å². The van der Waals surface area contributed by atoms with Gasteiger partial charge < -0.3 is 10.1 Å². The second-order valence-electron chi connectivity index (χ2n) is 8.81. The number of hydrogen-bond acceptors (Lipinski definition) is 3. The lowest BCUT2D eigenvalue weighted by Crippen LogP contribution is -2.47. The number of hydrogen-bond donors (Lipinski definition) is 1. The number of rotatable bonds is 3. The van der Waals surface area contributed by atoms with Crippen LogP contribution in [0.15, 0.2) is 18.2 Å². The third kappa shape index (κ3) is 5.02. The zero-order chi connectivity index (χ0) is 19.4. The van der Waals surface area contributed by atoms with Gasteiger partial charge in [0.2, 0.25) is 5.91 Å². The number of benzene rings is 1. The number of amides is 2. The zero-order valence-electron chi connectivity index (χ0n) is 16.8. The summed E-state index contributed by atoms with van der Waals surface area (Å²) in [5.41, 5.74) is 1.78. The second-order valence-corrected chi connectivity index (χ2v) is 8.81. The van der Waals surface area contributed by atoms with Gasteiger partial charge in [-0.15, -0.1) is 0 Å². The summed E-state index contributed by atoms with van der Waals surface area (Å²) < 4.78 is 5.57. The summed E-state index contributed by atoms with van der Waals surface area (Å²) in [5, 5.41) is 3.16. The van der Waals surface area contributed by atoms with E-state index in [1.807, 2.05) is 18.2 Å². The molecule has 1 N–H and O–H groups in total. The maximum Gasteiger partial charge on any atom is 0.265 e. The van der Waals surface area contributed by atoms with Gasteiger partial charge in [-0.25, -0.2) is 0 Å². The van der Waals surface area contributed by atoms with Gasteiger partial charge in [-0.3, -0.25) is 14.5 Å². The third-order valence-electron chi connectivity index (χ3n) is 5.54. The molecule has 2 amide bonds. The molecular weight excluding hydrogens is 340 g/mol. The zero-order valence-corrected chi connectivity index (χ0v) is 16.8. The van der Waals surface area contributed by atoms with Gasteiger partial charge in [-0.1, -0.05) is 58.9 Å². The number of carbonyl (C=O) groups is 2. The Morgan fingerprint density at radius 2 is 1.81 bits per heavy atom. The third-order valence-corrected chi connectivity index (χ3v) is 5.54. The van der Waals surface area contributed by atoms with Crippen molar-refractivity contribution >= 4 is 17.5 Å². The fourth-order valence-corrected chi connectivity index (χ4v) is 3.86. The second kappa shape index (κ2) is 8.32. The molecule has 0 bridgehead atoms. The molecule has 0 radical (unpaired) electrons. The number of ether oxygens (including phenoxy) is 1. The highest BCUT2D eigenvalue weighted by Crippen LogP contribution is 2.36. The van der Waals surface area contributed by atoms with Crippen LogP contribution in [0, 0.1) is 0 Å². The van der Waals surface area contributed by atoms with E-state index >= 15 is 0 Å². The lowest BCUT2D eigenvalue weighted by Gasteiger charge is -2.31. The molecule has 1 heterocycles. The van der Waals surface area contributed by atoms with Crippen molar-refractivity contribution in [3.05, 3.63) is 23.8 Å². The quantitative estimate of drug-likeness (QED) is 0.874. The lowest BCUT2D eigenvalue weighted by molar-refractivity contribution is -0.125. The van der Waals surface area contributed by atoms with Gasteiger partial charge in [-0.2, -0.15) is 0 Å². The Balaban J connectivity index is 1.72. The molecular formula is C22H32N2O3. The van der Waals surface area contributed by atoms with Crippen LogP contribution in [0.2, 0.25) is 0 Å². The van der Waals surface area contributed by atoms with Crippen LogP contribution in [0.1, 0.15) is 71.3 Å². The number of carbonyl (C=O) groups excluding carboxylic acids is 2. The molecule has 5 nitrogen and oxygen atoms in total. The van der Waals surface area contributed by atoms with Crippen LogP contribution in [0.4, 0.5) is 5.69 Å². The first-order valence-electron chi connectivity index (χ1n) is 10.2. The van der Waals surface area contributed by atoms with E-state index in [1.54, 1.807) is 4.90 Å². The molecule has 3 rings (SSSR count). The monoisotopic (exact) mass is 372 g/mol. The van der Waals surface area contributed by atoms with Gasteiger partial charge in [0.05, 0.1) is 5.69 Å².